The summed E-state index contributed by atoms with van der Waals surface area (Å²) in [6, 6.07) is 9.93. The Kier molecular flexibility index (Phi) is 3.84. The monoisotopic (exact) mass is 301 g/mol. The van der Waals surface area contributed by atoms with Gasteiger partial charge in [0.1, 0.15) is 0 Å². The van der Waals surface area contributed by atoms with E-state index in [1.54, 1.807) is 11.3 Å². The molecule has 0 atom stereocenters. The maximum Gasteiger partial charge on any atom is 0.321 e. The summed E-state index contributed by atoms with van der Waals surface area (Å²) >= 11 is 1.74. The fourth-order valence-electron chi connectivity index (χ4n) is 2.52. The SMILES string of the molecule is Cc1ccc(-c2ccc(N)c(NC(=O)N3CCCC3)c2)s1. The van der Waals surface area contributed by atoms with Gasteiger partial charge in [-0.1, -0.05) is 6.07 Å². The molecule has 21 heavy (non-hydrogen) atoms. The molecular formula is C16H19N3OS. The third-order valence-electron chi connectivity index (χ3n) is 3.71. The third-order valence-corrected chi connectivity index (χ3v) is 4.76. The fourth-order valence-corrected chi connectivity index (χ4v) is 3.39. The minimum Gasteiger partial charge on any atom is -0.397 e. The number of nitrogens with one attached hydrogen (secondary N) is 1. The van der Waals surface area contributed by atoms with E-state index in [2.05, 4.69) is 24.4 Å². The summed E-state index contributed by atoms with van der Waals surface area (Å²) in [5.74, 6) is 0. The molecule has 0 bridgehead atoms. The van der Waals surface area contributed by atoms with E-state index < -0.39 is 0 Å². The van der Waals surface area contributed by atoms with Crippen LogP contribution in [0.2, 0.25) is 0 Å². The smallest absolute Gasteiger partial charge is 0.321 e. The van der Waals surface area contributed by atoms with E-state index in [-0.39, 0.29) is 6.03 Å². The molecule has 0 aliphatic carbocycles. The summed E-state index contributed by atoms with van der Waals surface area (Å²) in [5.41, 5.74) is 8.36. The number of carbonyl (C=O) groups is 1. The summed E-state index contributed by atoms with van der Waals surface area (Å²) in [7, 11) is 0. The number of urea groups is 1. The van der Waals surface area contributed by atoms with Gasteiger partial charge in [0.25, 0.3) is 0 Å². The normalized spacial score (nSPS) is 14.4. The quantitative estimate of drug-likeness (QED) is 0.826. The van der Waals surface area contributed by atoms with Crippen LogP contribution in [0.3, 0.4) is 0 Å². The number of hydrogen-bond acceptors (Lipinski definition) is 3. The lowest BCUT2D eigenvalue weighted by atomic mass is 10.1. The summed E-state index contributed by atoms with van der Waals surface area (Å²) in [5, 5.41) is 2.94. The Morgan fingerprint density at radius 1 is 1.24 bits per heavy atom. The Morgan fingerprint density at radius 3 is 2.67 bits per heavy atom. The summed E-state index contributed by atoms with van der Waals surface area (Å²) in [6.07, 6.45) is 2.16. The molecular weight excluding hydrogens is 282 g/mol. The first-order valence-electron chi connectivity index (χ1n) is 7.16. The number of hydrogen-bond donors (Lipinski definition) is 2. The molecule has 1 aliphatic heterocycles. The number of rotatable bonds is 2. The first kappa shape index (κ1) is 13.9. The molecule has 1 aliphatic rings. The van der Waals surface area contributed by atoms with Crippen molar-refractivity contribution in [2.75, 3.05) is 24.1 Å². The summed E-state index contributed by atoms with van der Waals surface area (Å²) < 4.78 is 0. The highest BCUT2D eigenvalue weighted by Gasteiger charge is 2.18. The molecule has 0 saturated carbocycles. The number of aryl methyl sites for hydroxylation is 1. The second-order valence-electron chi connectivity index (χ2n) is 5.34. The number of likely N-dealkylation sites (tertiary alicyclic amines) is 1. The highest BCUT2D eigenvalue weighted by molar-refractivity contribution is 7.15. The molecule has 4 nitrogen and oxygen atoms in total. The molecule has 1 aromatic carbocycles. The van der Waals surface area contributed by atoms with Crippen molar-refractivity contribution in [3.8, 4) is 10.4 Å². The Labute approximate surface area is 128 Å². The largest absolute Gasteiger partial charge is 0.397 e. The van der Waals surface area contributed by atoms with Crippen molar-refractivity contribution in [1.82, 2.24) is 4.90 Å². The van der Waals surface area contributed by atoms with Gasteiger partial charge >= 0.3 is 6.03 Å². The Morgan fingerprint density at radius 2 is 2.00 bits per heavy atom. The van der Waals surface area contributed by atoms with Crippen LogP contribution >= 0.6 is 11.3 Å². The number of thiophene rings is 1. The average molecular weight is 301 g/mol. The zero-order valence-electron chi connectivity index (χ0n) is 12.1. The first-order valence-corrected chi connectivity index (χ1v) is 7.97. The molecule has 110 valence electrons. The van der Waals surface area contributed by atoms with Crippen molar-refractivity contribution in [3.05, 3.63) is 35.2 Å². The maximum absolute atomic E-state index is 12.2. The highest BCUT2D eigenvalue weighted by Crippen LogP contribution is 2.32. The number of nitrogen functional groups attached to an aromatic ring is 1. The van der Waals surface area contributed by atoms with E-state index in [1.165, 1.54) is 9.75 Å². The first-order chi connectivity index (χ1) is 10.1. The number of nitrogens with zero attached hydrogens (tertiary/aromatic N) is 1. The van der Waals surface area contributed by atoms with Gasteiger partial charge in [-0.2, -0.15) is 0 Å². The van der Waals surface area contributed by atoms with Crippen LogP contribution < -0.4 is 11.1 Å². The fraction of sp³-hybridized carbons (Fsp3) is 0.312. The number of nitrogens with two attached hydrogens (primary N) is 1. The van der Waals surface area contributed by atoms with Crippen LogP contribution in [0, 0.1) is 6.92 Å². The second kappa shape index (κ2) is 5.77. The Hall–Kier alpha value is -2.01. The lowest BCUT2D eigenvalue weighted by molar-refractivity contribution is 0.222. The van der Waals surface area contributed by atoms with Crippen molar-refractivity contribution < 1.29 is 4.79 Å². The van der Waals surface area contributed by atoms with E-state index in [9.17, 15) is 4.79 Å². The van der Waals surface area contributed by atoms with Crippen molar-refractivity contribution in [2.45, 2.75) is 19.8 Å². The number of carbonyl (C=O) groups excluding carboxylic acids is 1. The van der Waals surface area contributed by atoms with Gasteiger partial charge in [-0.25, -0.2) is 4.79 Å². The van der Waals surface area contributed by atoms with Gasteiger partial charge in [0.15, 0.2) is 0 Å². The molecule has 1 fully saturated rings. The van der Waals surface area contributed by atoms with Crippen molar-refractivity contribution in [2.24, 2.45) is 0 Å². The topological polar surface area (TPSA) is 58.4 Å². The molecule has 2 amide bonds. The van der Waals surface area contributed by atoms with Gasteiger partial charge in [0, 0.05) is 22.8 Å². The lowest BCUT2D eigenvalue weighted by Gasteiger charge is -2.17. The third kappa shape index (κ3) is 3.03. The van der Waals surface area contributed by atoms with Gasteiger partial charge in [-0.05, 0) is 49.6 Å². The molecule has 1 aromatic heterocycles. The number of benzene rings is 1. The zero-order valence-corrected chi connectivity index (χ0v) is 12.9. The Bertz CT molecular complexity index is 659. The predicted octanol–water partition coefficient (Wildman–Crippen LogP) is 3.93. The molecule has 3 N–H and O–H groups in total. The molecule has 0 radical (unpaired) electrons. The number of amides is 2. The van der Waals surface area contributed by atoms with Crippen LogP contribution in [0.25, 0.3) is 10.4 Å². The van der Waals surface area contributed by atoms with Crippen molar-refractivity contribution >= 4 is 28.7 Å². The molecule has 0 spiro atoms. The maximum atomic E-state index is 12.2. The molecule has 5 heteroatoms. The lowest BCUT2D eigenvalue weighted by Crippen LogP contribution is -2.32. The summed E-state index contributed by atoms with van der Waals surface area (Å²) in [4.78, 5) is 16.5. The zero-order chi connectivity index (χ0) is 14.8. The standard InChI is InChI=1S/C16H19N3OS/c1-11-4-7-15(21-11)12-5-6-13(17)14(10-12)18-16(20)19-8-2-3-9-19/h4-7,10H,2-3,8-9,17H2,1H3,(H,18,20). The van der Waals surface area contributed by atoms with E-state index in [4.69, 9.17) is 5.73 Å². The van der Waals surface area contributed by atoms with Crippen LogP contribution in [0.1, 0.15) is 17.7 Å². The van der Waals surface area contributed by atoms with E-state index in [0.29, 0.717) is 11.4 Å². The van der Waals surface area contributed by atoms with E-state index in [1.807, 2.05) is 23.1 Å². The van der Waals surface area contributed by atoms with E-state index in [0.717, 1.165) is 31.5 Å². The number of anilines is 2. The van der Waals surface area contributed by atoms with Gasteiger partial charge in [0.2, 0.25) is 0 Å². The molecule has 1 saturated heterocycles. The van der Waals surface area contributed by atoms with Crippen LogP contribution in [0.15, 0.2) is 30.3 Å². The van der Waals surface area contributed by atoms with Crippen LogP contribution in [0.5, 0.6) is 0 Å². The highest BCUT2D eigenvalue weighted by atomic mass is 32.1. The average Bonchev–Trinajstić information content (AvgIpc) is 3.12. The minimum absolute atomic E-state index is 0.0567. The van der Waals surface area contributed by atoms with Crippen molar-refractivity contribution in [3.63, 3.8) is 0 Å². The predicted molar refractivity (Wildman–Crippen MR) is 88.7 cm³/mol. The molecule has 3 rings (SSSR count). The minimum atomic E-state index is -0.0567. The van der Waals surface area contributed by atoms with Crippen molar-refractivity contribution in [1.29, 1.82) is 0 Å². The van der Waals surface area contributed by atoms with Crippen LogP contribution in [-0.2, 0) is 0 Å². The van der Waals surface area contributed by atoms with E-state index >= 15 is 0 Å². The van der Waals surface area contributed by atoms with Gasteiger partial charge in [-0.15, -0.1) is 11.3 Å². The van der Waals surface area contributed by atoms with Gasteiger partial charge < -0.3 is 16.0 Å². The second-order valence-corrected chi connectivity index (χ2v) is 6.62. The van der Waals surface area contributed by atoms with Gasteiger partial charge in [0.05, 0.1) is 11.4 Å². The molecule has 2 heterocycles. The molecule has 0 unspecified atom stereocenters. The molecule has 2 aromatic rings. The Balaban J connectivity index is 1.82. The van der Waals surface area contributed by atoms with Crippen LogP contribution in [-0.4, -0.2) is 24.0 Å². The summed E-state index contributed by atoms with van der Waals surface area (Å²) in [6.45, 7) is 3.74. The van der Waals surface area contributed by atoms with Gasteiger partial charge in [-0.3, -0.25) is 0 Å². The van der Waals surface area contributed by atoms with Crippen LogP contribution in [0.4, 0.5) is 16.2 Å².